The van der Waals surface area contributed by atoms with Crippen LogP contribution in [0, 0.1) is 0 Å². The van der Waals surface area contributed by atoms with Crippen molar-refractivity contribution in [1.82, 2.24) is 10.3 Å². The summed E-state index contributed by atoms with van der Waals surface area (Å²) in [6.07, 6.45) is 0.700. The van der Waals surface area contributed by atoms with Gasteiger partial charge in [-0.25, -0.2) is 4.98 Å². The summed E-state index contributed by atoms with van der Waals surface area (Å²) in [5.74, 6) is 0.540. The van der Waals surface area contributed by atoms with Gasteiger partial charge in [0.05, 0.1) is 10.6 Å². The number of anilines is 1. The predicted molar refractivity (Wildman–Crippen MR) is 103 cm³/mol. The summed E-state index contributed by atoms with van der Waals surface area (Å²) in [6.45, 7) is 3.90. The monoisotopic (exact) mass is 397 g/mol. The fraction of sp³-hybridized carbons (Fsp3) is 0.333. The van der Waals surface area contributed by atoms with Crippen LogP contribution >= 0.6 is 23.2 Å². The minimum absolute atomic E-state index is 0.0209. The average Bonchev–Trinajstić information content (AvgIpc) is 2.61. The Bertz CT molecular complexity index is 756. The molecule has 26 heavy (non-hydrogen) atoms. The molecule has 140 valence electrons. The predicted octanol–water partition coefficient (Wildman–Crippen LogP) is 3.38. The molecule has 1 aromatic heterocycles. The standard InChI is InChI=1S/C18H21Cl2N3O3/c1-11(2)23-17-13(5-4-8-21-17)18(25)22-9-12(24)10-26-15-7-3-6-14(19)16(15)20/h3-8,11-12,24H,9-10H2,1-2H3,(H,21,23)(H,22,25). The Morgan fingerprint density at radius 1 is 1.27 bits per heavy atom. The Labute approximate surface area is 162 Å². The minimum Gasteiger partial charge on any atom is -0.489 e. The molecule has 0 saturated heterocycles. The van der Waals surface area contributed by atoms with E-state index in [2.05, 4.69) is 15.6 Å². The number of aromatic nitrogens is 1. The molecule has 0 radical (unpaired) electrons. The van der Waals surface area contributed by atoms with Crippen LogP contribution in [0.15, 0.2) is 36.5 Å². The molecular formula is C18H21Cl2N3O3. The van der Waals surface area contributed by atoms with Gasteiger partial charge >= 0.3 is 0 Å². The van der Waals surface area contributed by atoms with Gasteiger partial charge in [0, 0.05) is 18.8 Å². The topological polar surface area (TPSA) is 83.5 Å². The van der Waals surface area contributed by atoms with Gasteiger partial charge in [0.2, 0.25) is 0 Å². The van der Waals surface area contributed by atoms with E-state index in [0.29, 0.717) is 22.2 Å². The number of amides is 1. The summed E-state index contributed by atoms with van der Waals surface area (Å²) in [7, 11) is 0. The van der Waals surface area contributed by atoms with Gasteiger partial charge < -0.3 is 20.5 Å². The van der Waals surface area contributed by atoms with Crippen LogP contribution in [-0.2, 0) is 0 Å². The third-order valence-electron chi connectivity index (χ3n) is 3.32. The van der Waals surface area contributed by atoms with Gasteiger partial charge in [-0.15, -0.1) is 0 Å². The molecule has 1 atom stereocenters. The molecule has 0 fully saturated rings. The summed E-state index contributed by atoms with van der Waals surface area (Å²) < 4.78 is 5.45. The first-order chi connectivity index (χ1) is 12.4. The van der Waals surface area contributed by atoms with Crippen molar-refractivity contribution in [2.45, 2.75) is 26.0 Å². The summed E-state index contributed by atoms with van der Waals surface area (Å²) in [5.41, 5.74) is 0.409. The van der Waals surface area contributed by atoms with Crippen molar-refractivity contribution < 1.29 is 14.6 Å². The number of ether oxygens (including phenoxy) is 1. The smallest absolute Gasteiger partial charge is 0.255 e. The number of hydrogen-bond acceptors (Lipinski definition) is 5. The van der Waals surface area contributed by atoms with Crippen molar-refractivity contribution in [1.29, 1.82) is 0 Å². The quantitative estimate of drug-likeness (QED) is 0.635. The maximum Gasteiger partial charge on any atom is 0.255 e. The van der Waals surface area contributed by atoms with Crippen molar-refractivity contribution in [3.8, 4) is 5.75 Å². The summed E-state index contributed by atoms with van der Waals surface area (Å²) in [6, 6.07) is 8.48. The van der Waals surface area contributed by atoms with Crippen LogP contribution in [0.5, 0.6) is 5.75 Å². The van der Waals surface area contributed by atoms with Gasteiger partial charge in [-0.3, -0.25) is 4.79 Å². The first-order valence-electron chi connectivity index (χ1n) is 8.13. The number of aliphatic hydroxyl groups excluding tert-OH is 1. The second-order valence-electron chi connectivity index (χ2n) is 5.93. The number of nitrogens with one attached hydrogen (secondary N) is 2. The van der Waals surface area contributed by atoms with Gasteiger partial charge in [-0.1, -0.05) is 29.3 Å². The molecule has 0 aliphatic rings. The highest BCUT2D eigenvalue weighted by Crippen LogP contribution is 2.31. The average molecular weight is 398 g/mol. The van der Waals surface area contributed by atoms with E-state index in [0.717, 1.165) is 0 Å². The van der Waals surface area contributed by atoms with Crippen LogP contribution in [-0.4, -0.2) is 41.3 Å². The van der Waals surface area contributed by atoms with Crippen molar-refractivity contribution in [2.75, 3.05) is 18.5 Å². The van der Waals surface area contributed by atoms with E-state index in [4.69, 9.17) is 27.9 Å². The lowest BCUT2D eigenvalue weighted by Gasteiger charge is -2.16. The maximum absolute atomic E-state index is 12.3. The summed E-state index contributed by atoms with van der Waals surface area (Å²) >= 11 is 11.9. The number of aliphatic hydroxyl groups is 1. The summed E-state index contributed by atoms with van der Waals surface area (Å²) in [4.78, 5) is 16.5. The third-order valence-corrected chi connectivity index (χ3v) is 4.12. The Hall–Kier alpha value is -2.02. The zero-order chi connectivity index (χ0) is 19.1. The number of carbonyl (C=O) groups is 1. The molecule has 1 aromatic carbocycles. The fourth-order valence-electron chi connectivity index (χ4n) is 2.12. The molecule has 0 aliphatic carbocycles. The van der Waals surface area contributed by atoms with Crippen molar-refractivity contribution in [3.05, 3.63) is 52.1 Å². The lowest BCUT2D eigenvalue weighted by atomic mass is 10.2. The van der Waals surface area contributed by atoms with Crippen LogP contribution in [0.25, 0.3) is 0 Å². The second-order valence-corrected chi connectivity index (χ2v) is 6.71. The number of pyridine rings is 1. The molecule has 1 amide bonds. The van der Waals surface area contributed by atoms with E-state index in [9.17, 15) is 9.90 Å². The molecule has 2 aromatic rings. The number of hydrogen-bond donors (Lipinski definition) is 3. The SMILES string of the molecule is CC(C)Nc1ncccc1C(=O)NCC(O)COc1cccc(Cl)c1Cl. The molecule has 3 N–H and O–H groups in total. The molecule has 0 bridgehead atoms. The highest BCUT2D eigenvalue weighted by molar-refractivity contribution is 6.42. The number of halogens is 2. The Morgan fingerprint density at radius 2 is 2.04 bits per heavy atom. The molecular weight excluding hydrogens is 377 g/mol. The van der Waals surface area contributed by atoms with E-state index in [1.54, 1.807) is 36.5 Å². The highest BCUT2D eigenvalue weighted by Gasteiger charge is 2.15. The molecule has 0 saturated carbocycles. The lowest BCUT2D eigenvalue weighted by Crippen LogP contribution is -2.35. The zero-order valence-electron chi connectivity index (χ0n) is 14.5. The third kappa shape index (κ3) is 5.76. The number of rotatable bonds is 8. The Kier molecular flexibility index (Phi) is 7.50. The van der Waals surface area contributed by atoms with Crippen LogP contribution in [0.4, 0.5) is 5.82 Å². The fourth-order valence-corrected chi connectivity index (χ4v) is 2.47. The molecule has 2 rings (SSSR count). The molecule has 1 unspecified atom stereocenters. The van der Waals surface area contributed by atoms with Crippen molar-refractivity contribution in [2.24, 2.45) is 0 Å². The zero-order valence-corrected chi connectivity index (χ0v) is 16.0. The van der Waals surface area contributed by atoms with Crippen molar-refractivity contribution >= 4 is 34.9 Å². The van der Waals surface area contributed by atoms with E-state index < -0.39 is 6.10 Å². The molecule has 1 heterocycles. The number of carbonyl (C=O) groups excluding carboxylic acids is 1. The van der Waals surface area contributed by atoms with Gasteiger partial charge in [0.1, 0.15) is 29.3 Å². The van der Waals surface area contributed by atoms with Gasteiger partial charge in [-0.05, 0) is 38.1 Å². The highest BCUT2D eigenvalue weighted by atomic mass is 35.5. The van der Waals surface area contributed by atoms with E-state index in [1.165, 1.54) is 0 Å². The van der Waals surface area contributed by atoms with Crippen LogP contribution < -0.4 is 15.4 Å². The van der Waals surface area contributed by atoms with Crippen molar-refractivity contribution in [3.63, 3.8) is 0 Å². The Balaban J connectivity index is 1.88. The van der Waals surface area contributed by atoms with Crippen LogP contribution in [0.1, 0.15) is 24.2 Å². The molecule has 0 spiro atoms. The molecule has 8 heteroatoms. The number of benzene rings is 1. The second kappa shape index (κ2) is 9.62. The van der Waals surface area contributed by atoms with E-state index in [1.807, 2.05) is 13.8 Å². The van der Waals surface area contributed by atoms with E-state index in [-0.39, 0.29) is 30.1 Å². The maximum atomic E-state index is 12.3. The van der Waals surface area contributed by atoms with Gasteiger partial charge in [0.15, 0.2) is 0 Å². The van der Waals surface area contributed by atoms with Gasteiger partial charge in [0.25, 0.3) is 5.91 Å². The summed E-state index contributed by atoms with van der Waals surface area (Å²) in [5, 5.41) is 16.5. The van der Waals surface area contributed by atoms with Gasteiger partial charge in [-0.2, -0.15) is 0 Å². The molecule has 0 aliphatic heterocycles. The lowest BCUT2D eigenvalue weighted by molar-refractivity contribution is 0.0844. The largest absolute Gasteiger partial charge is 0.489 e. The first kappa shape index (κ1) is 20.3. The normalized spacial score (nSPS) is 11.9. The van der Waals surface area contributed by atoms with Crippen LogP contribution in [0.3, 0.4) is 0 Å². The minimum atomic E-state index is -0.910. The first-order valence-corrected chi connectivity index (χ1v) is 8.88. The molecule has 6 nitrogen and oxygen atoms in total. The number of nitrogens with zero attached hydrogens (tertiary/aromatic N) is 1. The Morgan fingerprint density at radius 3 is 2.77 bits per heavy atom. The van der Waals surface area contributed by atoms with Crippen LogP contribution in [0.2, 0.25) is 10.0 Å². The van der Waals surface area contributed by atoms with E-state index >= 15 is 0 Å².